The minimum atomic E-state index is -0.172. The fourth-order valence-electron chi connectivity index (χ4n) is 1.91. The molecule has 102 valence electrons. The maximum Gasteiger partial charge on any atom is 0.261 e. The number of ether oxygens (including phenoxy) is 1. The third-order valence-electron chi connectivity index (χ3n) is 2.95. The van der Waals surface area contributed by atoms with Gasteiger partial charge < -0.3 is 14.4 Å². The molecule has 1 aromatic carbocycles. The van der Waals surface area contributed by atoms with Crippen molar-refractivity contribution >= 4 is 0 Å². The predicted molar refractivity (Wildman–Crippen MR) is 70.8 cm³/mol. The smallest absolute Gasteiger partial charge is 0.261 e. The highest BCUT2D eigenvalue weighted by atomic mass is 16.5. The Morgan fingerprint density at radius 3 is 2.89 bits per heavy atom. The highest BCUT2D eigenvalue weighted by molar-refractivity contribution is 5.63. The fraction of sp³-hybridized carbons (Fsp3) is 0.429. The van der Waals surface area contributed by atoms with E-state index in [-0.39, 0.29) is 11.9 Å². The van der Waals surface area contributed by atoms with Gasteiger partial charge in [0, 0.05) is 7.11 Å². The van der Waals surface area contributed by atoms with Crippen LogP contribution in [0.5, 0.6) is 5.75 Å². The van der Waals surface area contributed by atoms with Crippen LogP contribution in [-0.4, -0.2) is 22.4 Å². The molecule has 0 amide bonds. The van der Waals surface area contributed by atoms with Crippen LogP contribution in [0.3, 0.4) is 0 Å². The van der Waals surface area contributed by atoms with Crippen LogP contribution in [0.2, 0.25) is 0 Å². The Morgan fingerprint density at radius 1 is 1.42 bits per heavy atom. The van der Waals surface area contributed by atoms with Crippen molar-refractivity contribution < 1.29 is 14.4 Å². The molecule has 0 aliphatic rings. The molecule has 5 nitrogen and oxygen atoms in total. The summed E-state index contributed by atoms with van der Waals surface area (Å²) in [5.74, 6) is 0.958. The molecule has 1 N–H and O–H groups in total. The molecule has 0 saturated heterocycles. The average Bonchev–Trinajstić information content (AvgIpc) is 2.88. The van der Waals surface area contributed by atoms with E-state index in [4.69, 9.17) is 9.26 Å². The van der Waals surface area contributed by atoms with Crippen molar-refractivity contribution in [3.05, 3.63) is 29.6 Å². The van der Waals surface area contributed by atoms with Gasteiger partial charge in [0.2, 0.25) is 5.82 Å². The van der Waals surface area contributed by atoms with Gasteiger partial charge in [-0.15, -0.1) is 0 Å². The lowest BCUT2D eigenvalue weighted by molar-refractivity contribution is 0.0854. The van der Waals surface area contributed by atoms with Crippen molar-refractivity contribution in [3.63, 3.8) is 0 Å². The second kappa shape index (κ2) is 5.84. The summed E-state index contributed by atoms with van der Waals surface area (Å²) in [6.45, 7) is 4.01. The summed E-state index contributed by atoms with van der Waals surface area (Å²) < 4.78 is 10.5. The number of aryl methyl sites for hydroxylation is 1. The lowest BCUT2D eigenvalue weighted by Crippen LogP contribution is -2.03. The Kier molecular flexibility index (Phi) is 4.16. The molecule has 2 rings (SSSR count). The third-order valence-corrected chi connectivity index (χ3v) is 2.95. The Hall–Kier alpha value is -1.88. The zero-order chi connectivity index (χ0) is 13.8. The SMILES string of the molecule is CCCC(OC)c1noc(-c2cc(C)ccc2O)n1. The maximum atomic E-state index is 9.84. The van der Waals surface area contributed by atoms with Crippen LogP contribution in [0.1, 0.15) is 37.3 Å². The van der Waals surface area contributed by atoms with Gasteiger partial charge in [-0.1, -0.05) is 30.1 Å². The molecule has 0 radical (unpaired) electrons. The van der Waals surface area contributed by atoms with Crippen molar-refractivity contribution in [2.75, 3.05) is 7.11 Å². The zero-order valence-corrected chi connectivity index (χ0v) is 11.4. The molecule has 0 fully saturated rings. The third kappa shape index (κ3) is 2.93. The van der Waals surface area contributed by atoms with E-state index in [1.54, 1.807) is 13.2 Å². The summed E-state index contributed by atoms with van der Waals surface area (Å²) in [5, 5.41) is 13.8. The van der Waals surface area contributed by atoms with Gasteiger partial charge in [-0.3, -0.25) is 0 Å². The number of benzene rings is 1. The average molecular weight is 262 g/mol. The van der Waals surface area contributed by atoms with Crippen molar-refractivity contribution in [2.24, 2.45) is 0 Å². The van der Waals surface area contributed by atoms with Crippen LogP contribution < -0.4 is 0 Å². The second-order valence-corrected chi connectivity index (χ2v) is 4.49. The molecule has 1 heterocycles. The number of hydrogen-bond acceptors (Lipinski definition) is 5. The van der Waals surface area contributed by atoms with Gasteiger partial charge in [0.1, 0.15) is 11.9 Å². The van der Waals surface area contributed by atoms with Crippen molar-refractivity contribution in [2.45, 2.75) is 32.8 Å². The number of phenols is 1. The second-order valence-electron chi connectivity index (χ2n) is 4.49. The lowest BCUT2D eigenvalue weighted by atomic mass is 10.1. The van der Waals surface area contributed by atoms with Crippen molar-refractivity contribution in [1.29, 1.82) is 0 Å². The van der Waals surface area contributed by atoms with Gasteiger partial charge in [0.25, 0.3) is 5.89 Å². The summed E-state index contributed by atoms with van der Waals surface area (Å²) in [7, 11) is 1.63. The van der Waals surface area contributed by atoms with E-state index in [0.29, 0.717) is 17.3 Å². The van der Waals surface area contributed by atoms with E-state index in [0.717, 1.165) is 18.4 Å². The highest BCUT2D eigenvalue weighted by Crippen LogP contribution is 2.30. The van der Waals surface area contributed by atoms with Crippen LogP contribution >= 0.6 is 0 Å². The molecule has 0 spiro atoms. The van der Waals surface area contributed by atoms with Crippen LogP contribution in [0.15, 0.2) is 22.7 Å². The molecule has 1 atom stereocenters. The van der Waals surface area contributed by atoms with Crippen LogP contribution in [0.25, 0.3) is 11.5 Å². The van der Waals surface area contributed by atoms with E-state index in [1.807, 2.05) is 19.1 Å². The monoisotopic (exact) mass is 262 g/mol. The topological polar surface area (TPSA) is 68.4 Å². The summed E-state index contributed by atoms with van der Waals surface area (Å²) in [5.41, 5.74) is 1.56. The van der Waals surface area contributed by atoms with Crippen LogP contribution in [0, 0.1) is 6.92 Å². The van der Waals surface area contributed by atoms with Gasteiger partial charge in [0.05, 0.1) is 5.56 Å². The summed E-state index contributed by atoms with van der Waals surface area (Å²) >= 11 is 0. The minimum absolute atomic E-state index is 0.130. The van der Waals surface area contributed by atoms with Crippen LogP contribution in [0.4, 0.5) is 0 Å². The molecule has 5 heteroatoms. The molecule has 0 saturated carbocycles. The molecule has 19 heavy (non-hydrogen) atoms. The first kappa shape index (κ1) is 13.5. The number of phenolic OH excluding ortho intramolecular Hbond substituents is 1. The number of methoxy groups -OCH3 is 1. The number of aromatic hydroxyl groups is 1. The Bertz CT molecular complexity index is 551. The van der Waals surface area contributed by atoms with E-state index in [1.165, 1.54) is 0 Å². The Balaban J connectivity index is 2.32. The largest absolute Gasteiger partial charge is 0.507 e. The molecule has 0 aliphatic carbocycles. The Labute approximate surface area is 112 Å². The number of rotatable bonds is 5. The van der Waals surface area contributed by atoms with E-state index in [2.05, 4.69) is 17.1 Å². The maximum absolute atomic E-state index is 9.84. The minimum Gasteiger partial charge on any atom is -0.507 e. The van der Waals surface area contributed by atoms with Gasteiger partial charge >= 0.3 is 0 Å². The van der Waals surface area contributed by atoms with Gasteiger partial charge in [-0.2, -0.15) is 4.98 Å². The van der Waals surface area contributed by atoms with Gasteiger partial charge in [0.15, 0.2) is 0 Å². The summed E-state index contributed by atoms with van der Waals surface area (Å²) in [6, 6.07) is 5.26. The zero-order valence-electron chi connectivity index (χ0n) is 11.4. The first-order valence-electron chi connectivity index (χ1n) is 6.32. The standard InChI is InChI=1S/C14H18N2O3/c1-4-5-12(18-3)13-15-14(19-16-13)10-8-9(2)6-7-11(10)17/h6-8,12,17H,4-5H2,1-3H3. The molecule has 0 aliphatic heterocycles. The van der Waals surface area contributed by atoms with E-state index < -0.39 is 0 Å². The number of aromatic nitrogens is 2. The fourth-order valence-corrected chi connectivity index (χ4v) is 1.91. The first-order chi connectivity index (χ1) is 9.15. The quantitative estimate of drug-likeness (QED) is 0.895. The Morgan fingerprint density at radius 2 is 2.21 bits per heavy atom. The van der Waals surface area contributed by atoms with Crippen LogP contribution in [-0.2, 0) is 4.74 Å². The van der Waals surface area contributed by atoms with Crippen molar-refractivity contribution in [1.82, 2.24) is 10.1 Å². The molecular weight excluding hydrogens is 244 g/mol. The molecule has 0 bridgehead atoms. The normalized spacial score (nSPS) is 12.6. The molecule has 1 aromatic heterocycles. The van der Waals surface area contributed by atoms with Gasteiger partial charge in [-0.25, -0.2) is 0 Å². The lowest BCUT2D eigenvalue weighted by Gasteiger charge is -2.08. The van der Waals surface area contributed by atoms with E-state index in [9.17, 15) is 5.11 Å². The molecule has 2 aromatic rings. The first-order valence-corrected chi connectivity index (χ1v) is 6.32. The number of nitrogens with zero attached hydrogens (tertiary/aromatic N) is 2. The molecule has 1 unspecified atom stereocenters. The van der Waals surface area contributed by atoms with Crippen molar-refractivity contribution in [3.8, 4) is 17.2 Å². The molecular formula is C14H18N2O3. The highest BCUT2D eigenvalue weighted by Gasteiger charge is 2.19. The van der Waals surface area contributed by atoms with Gasteiger partial charge in [-0.05, 0) is 25.5 Å². The van der Waals surface area contributed by atoms with E-state index >= 15 is 0 Å². The predicted octanol–water partition coefficient (Wildman–Crippen LogP) is 3.24. The number of hydrogen-bond donors (Lipinski definition) is 1. The summed E-state index contributed by atoms with van der Waals surface area (Å²) in [4.78, 5) is 4.31. The summed E-state index contributed by atoms with van der Waals surface area (Å²) in [6.07, 6.45) is 1.63.